The third kappa shape index (κ3) is 5.55. The molecular formula is C22H16Br2Fe-6. The van der Waals surface area contributed by atoms with Crippen molar-refractivity contribution in [2.45, 2.75) is 0 Å². The molecule has 0 aliphatic carbocycles. The van der Waals surface area contributed by atoms with Gasteiger partial charge in [0.2, 0.25) is 0 Å². The van der Waals surface area contributed by atoms with E-state index < -0.39 is 0 Å². The van der Waals surface area contributed by atoms with E-state index in [9.17, 15) is 0 Å². The van der Waals surface area contributed by atoms with Crippen LogP contribution in [0.3, 0.4) is 0 Å². The van der Waals surface area contributed by atoms with Gasteiger partial charge in [-0.2, -0.15) is 0 Å². The summed E-state index contributed by atoms with van der Waals surface area (Å²) in [5.41, 5.74) is 5.03. The summed E-state index contributed by atoms with van der Waals surface area (Å²) >= 11 is 6.95. The normalized spacial score (nSPS) is 9.68. The van der Waals surface area contributed by atoms with E-state index in [1.54, 1.807) is 0 Å². The van der Waals surface area contributed by atoms with Crippen molar-refractivity contribution >= 4 is 31.9 Å². The zero-order valence-electron chi connectivity index (χ0n) is 13.3. The maximum atomic E-state index is 3.47. The smallest absolute Gasteiger partial charge is 0.0164 e. The van der Waals surface area contributed by atoms with Gasteiger partial charge in [-0.15, -0.1) is 35.9 Å². The Labute approximate surface area is 176 Å². The second-order valence-electron chi connectivity index (χ2n) is 5.33. The van der Waals surface area contributed by atoms with Crippen molar-refractivity contribution in [1.82, 2.24) is 0 Å². The van der Waals surface area contributed by atoms with E-state index in [2.05, 4.69) is 98.6 Å². The van der Waals surface area contributed by atoms with Crippen LogP contribution in [0.2, 0.25) is 0 Å². The number of benzene rings is 2. The molecule has 0 radical (unpaired) electrons. The summed E-state index contributed by atoms with van der Waals surface area (Å²) in [5.74, 6) is 0. The van der Waals surface area contributed by atoms with Gasteiger partial charge in [-0.05, 0) is 0 Å². The topological polar surface area (TPSA) is 0 Å². The molecule has 0 aromatic heterocycles. The fourth-order valence-corrected chi connectivity index (χ4v) is 3.03. The standard InChI is InChI=1S/C17H11Br2.C5H5.Fe/c18-14-8-4-12(5-9-14)16-2-1-3-17(16)13-6-10-15(19)11-7-13;1-2-4-5-3-1;/h1-11H;1-5H;/q-1;-5;. The Balaban J connectivity index is 0.000000325. The van der Waals surface area contributed by atoms with E-state index >= 15 is 0 Å². The maximum Gasteiger partial charge on any atom is 0.0164 e. The Morgan fingerprint density at radius 2 is 1.12 bits per heavy atom. The van der Waals surface area contributed by atoms with Crippen LogP contribution in [0.15, 0.2) is 106 Å². The molecule has 0 saturated carbocycles. The summed E-state index contributed by atoms with van der Waals surface area (Å²) < 4.78 is 2.21. The molecule has 4 aromatic rings. The average molecular weight is 496 g/mol. The molecule has 0 N–H and O–H groups in total. The Morgan fingerprint density at radius 1 is 0.640 bits per heavy atom. The largest absolute Gasteiger partial charge is 0.748 e. The average Bonchev–Trinajstić information content (AvgIpc) is 3.31. The van der Waals surface area contributed by atoms with Gasteiger partial charge in [0.15, 0.2) is 0 Å². The van der Waals surface area contributed by atoms with Crippen LogP contribution in [0.25, 0.3) is 22.3 Å². The second kappa shape index (κ2) is 9.94. The third-order valence-electron chi connectivity index (χ3n) is 3.68. The van der Waals surface area contributed by atoms with Crippen molar-refractivity contribution < 1.29 is 17.1 Å². The molecule has 0 aliphatic heterocycles. The summed E-state index contributed by atoms with van der Waals surface area (Å²) in [4.78, 5) is 0. The van der Waals surface area contributed by atoms with Gasteiger partial charge in [-0.3, -0.25) is 0 Å². The van der Waals surface area contributed by atoms with Crippen molar-refractivity contribution in [3.05, 3.63) is 106 Å². The van der Waals surface area contributed by atoms with E-state index in [-0.39, 0.29) is 17.1 Å². The maximum absolute atomic E-state index is 3.47. The van der Waals surface area contributed by atoms with Crippen molar-refractivity contribution in [2.24, 2.45) is 0 Å². The molecule has 0 saturated heterocycles. The molecular weight excluding hydrogens is 480 g/mol. The summed E-state index contributed by atoms with van der Waals surface area (Å²) in [6.07, 6.45) is 0. The fraction of sp³-hybridized carbons (Fsp3) is 0. The SMILES string of the molecule is Brc1ccc(-c2ccc[c-]2-c2ccc(Br)cc2)cc1.[Fe].[cH-]1[cH-][cH-][cH-][cH-]1. The number of hydrogen-bond donors (Lipinski definition) is 0. The van der Waals surface area contributed by atoms with Crippen LogP contribution in [0, 0.1) is 0 Å². The molecule has 0 nitrogen and oxygen atoms in total. The van der Waals surface area contributed by atoms with E-state index in [4.69, 9.17) is 0 Å². The van der Waals surface area contributed by atoms with Gasteiger partial charge in [0.05, 0.1) is 0 Å². The first-order chi connectivity index (χ1) is 11.7. The molecule has 4 aromatic carbocycles. The van der Waals surface area contributed by atoms with Gasteiger partial charge >= 0.3 is 0 Å². The Kier molecular flexibility index (Phi) is 7.92. The molecule has 0 fully saturated rings. The summed E-state index contributed by atoms with van der Waals surface area (Å²) in [6, 6.07) is 33.3. The van der Waals surface area contributed by atoms with Gasteiger partial charge in [0, 0.05) is 26.0 Å². The van der Waals surface area contributed by atoms with E-state index in [1.165, 1.54) is 22.3 Å². The van der Waals surface area contributed by atoms with E-state index in [0.717, 1.165) is 8.95 Å². The summed E-state index contributed by atoms with van der Waals surface area (Å²) in [5, 5.41) is 0. The van der Waals surface area contributed by atoms with Gasteiger partial charge in [0.1, 0.15) is 0 Å². The molecule has 0 unspecified atom stereocenters. The minimum Gasteiger partial charge on any atom is -0.748 e. The predicted molar refractivity (Wildman–Crippen MR) is 110 cm³/mol. The second-order valence-corrected chi connectivity index (χ2v) is 7.16. The number of rotatable bonds is 2. The minimum absolute atomic E-state index is 0. The first-order valence-corrected chi connectivity index (χ1v) is 9.27. The van der Waals surface area contributed by atoms with Crippen LogP contribution in [-0.2, 0) is 17.1 Å². The molecule has 132 valence electrons. The molecule has 25 heavy (non-hydrogen) atoms. The van der Waals surface area contributed by atoms with Gasteiger partial charge < -0.3 is 30.3 Å². The van der Waals surface area contributed by atoms with Crippen LogP contribution < -0.4 is 0 Å². The van der Waals surface area contributed by atoms with Crippen molar-refractivity contribution in [3.8, 4) is 22.3 Å². The Morgan fingerprint density at radius 3 is 1.64 bits per heavy atom. The number of halogens is 2. The van der Waals surface area contributed by atoms with Crippen LogP contribution in [0.1, 0.15) is 0 Å². The Bertz CT molecular complexity index is 780. The first kappa shape index (κ1) is 19.9. The van der Waals surface area contributed by atoms with Crippen molar-refractivity contribution in [3.63, 3.8) is 0 Å². The quantitative estimate of drug-likeness (QED) is 0.198. The molecule has 0 aliphatic rings. The van der Waals surface area contributed by atoms with Gasteiger partial charge in [0.25, 0.3) is 0 Å². The van der Waals surface area contributed by atoms with Crippen LogP contribution in [-0.4, -0.2) is 0 Å². The summed E-state index contributed by atoms with van der Waals surface area (Å²) in [6.45, 7) is 0. The third-order valence-corrected chi connectivity index (χ3v) is 4.74. The van der Waals surface area contributed by atoms with E-state index in [0.29, 0.717) is 0 Å². The van der Waals surface area contributed by atoms with Crippen molar-refractivity contribution in [1.29, 1.82) is 0 Å². The molecule has 0 amide bonds. The van der Waals surface area contributed by atoms with Gasteiger partial charge in [-0.1, -0.05) is 84.9 Å². The molecule has 0 bridgehead atoms. The molecule has 0 heterocycles. The van der Waals surface area contributed by atoms with Crippen LogP contribution >= 0.6 is 31.9 Å². The van der Waals surface area contributed by atoms with Crippen LogP contribution in [0.4, 0.5) is 0 Å². The zero-order chi connectivity index (χ0) is 16.8. The number of hydrogen-bond acceptors (Lipinski definition) is 0. The zero-order valence-corrected chi connectivity index (χ0v) is 17.6. The Hall–Kier alpha value is -1.38. The molecule has 0 spiro atoms. The molecule has 0 atom stereocenters. The predicted octanol–water partition coefficient (Wildman–Crippen LogP) is 7.67. The minimum atomic E-state index is 0. The van der Waals surface area contributed by atoms with E-state index in [1.807, 2.05) is 30.3 Å². The first-order valence-electron chi connectivity index (χ1n) is 7.68. The van der Waals surface area contributed by atoms with Crippen molar-refractivity contribution in [2.75, 3.05) is 0 Å². The summed E-state index contributed by atoms with van der Waals surface area (Å²) in [7, 11) is 0. The molecule has 3 heteroatoms. The fourth-order valence-electron chi connectivity index (χ4n) is 2.50. The van der Waals surface area contributed by atoms with Crippen LogP contribution in [0.5, 0.6) is 0 Å². The monoisotopic (exact) mass is 494 g/mol. The van der Waals surface area contributed by atoms with Gasteiger partial charge in [-0.25, -0.2) is 0 Å². The molecule has 4 rings (SSSR count).